The van der Waals surface area contributed by atoms with Crippen molar-refractivity contribution in [2.24, 2.45) is 0 Å². The van der Waals surface area contributed by atoms with E-state index < -0.39 is 0 Å². The summed E-state index contributed by atoms with van der Waals surface area (Å²) in [4.78, 5) is 17.9. The molecule has 1 aliphatic heterocycles. The van der Waals surface area contributed by atoms with E-state index in [1.54, 1.807) is 0 Å². The predicted octanol–water partition coefficient (Wildman–Crippen LogP) is 3.28. The van der Waals surface area contributed by atoms with E-state index >= 15 is 0 Å². The number of rotatable bonds is 6. The topological polar surface area (TPSA) is 61.3 Å². The van der Waals surface area contributed by atoms with Crippen molar-refractivity contribution in [3.05, 3.63) is 33.2 Å². The number of likely N-dealkylation sites (tertiary alicyclic amines) is 1. The first kappa shape index (κ1) is 17.7. The van der Waals surface area contributed by atoms with Crippen molar-refractivity contribution in [2.45, 2.75) is 51.1 Å². The van der Waals surface area contributed by atoms with Gasteiger partial charge in [-0.3, -0.25) is 4.57 Å². The van der Waals surface area contributed by atoms with Crippen molar-refractivity contribution in [3.8, 4) is 0 Å². The maximum atomic E-state index is 12.4. The molecule has 24 heavy (non-hydrogen) atoms. The summed E-state index contributed by atoms with van der Waals surface area (Å²) in [6.07, 6.45) is 5.03. The van der Waals surface area contributed by atoms with Crippen LogP contribution in [-0.4, -0.2) is 45.3 Å². The van der Waals surface area contributed by atoms with Crippen LogP contribution in [0.2, 0.25) is 0 Å². The lowest BCUT2D eigenvalue weighted by Crippen LogP contribution is -2.42. The smallest absolute Gasteiger partial charge is 0.326 e. The van der Waals surface area contributed by atoms with Gasteiger partial charge in [0.05, 0.1) is 11.0 Å². The first-order valence-electron chi connectivity index (χ1n) is 8.88. The molecule has 0 bridgehead atoms. The standard InChI is InChI=1S/C18H26BrN3O2/c1-2-14(4-3-11-23)21-9-7-15(8-10-21)22-17-12-13(19)5-6-16(17)20-18(22)24/h5-6,12,14-15,23H,2-4,7-11H2,1H3,(H,20,24). The molecule has 0 spiro atoms. The van der Waals surface area contributed by atoms with Crippen LogP contribution in [0.4, 0.5) is 0 Å². The van der Waals surface area contributed by atoms with Gasteiger partial charge in [0.15, 0.2) is 0 Å². The van der Waals surface area contributed by atoms with Gasteiger partial charge in [-0.25, -0.2) is 4.79 Å². The fourth-order valence-corrected chi connectivity index (χ4v) is 4.29. The zero-order chi connectivity index (χ0) is 17.1. The molecule has 6 heteroatoms. The normalized spacial score (nSPS) is 18.3. The van der Waals surface area contributed by atoms with E-state index in [1.807, 2.05) is 22.8 Å². The molecule has 2 heterocycles. The Bertz CT molecular complexity index is 731. The van der Waals surface area contributed by atoms with E-state index in [0.29, 0.717) is 6.04 Å². The Morgan fingerprint density at radius 3 is 2.79 bits per heavy atom. The number of nitrogens with one attached hydrogen (secondary N) is 1. The van der Waals surface area contributed by atoms with Crippen LogP contribution < -0.4 is 5.69 Å². The number of hydrogen-bond acceptors (Lipinski definition) is 3. The quantitative estimate of drug-likeness (QED) is 0.788. The molecule has 0 radical (unpaired) electrons. The van der Waals surface area contributed by atoms with Gasteiger partial charge in [-0.05, 0) is 50.3 Å². The number of imidazole rings is 1. The maximum absolute atomic E-state index is 12.4. The van der Waals surface area contributed by atoms with Gasteiger partial charge in [-0.1, -0.05) is 22.9 Å². The van der Waals surface area contributed by atoms with Crippen LogP contribution in [0.5, 0.6) is 0 Å². The lowest BCUT2D eigenvalue weighted by Gasteiger charge is -2.37. The molecule has 1 aromatic carbocycles. The highest BCUT2D eigenvalue weighted by Crippen LogP contribution is 2.28. The minimum atomic E-state index is -0.00567. The Morgan fingerprint density at radius 2 is 2.12 bits per heavy atom. The minimum absolute atomic E-state index is 0.00567. The van der Waals surface area contributed by atoms with E-state index in [0.717, 1.165) is 60.7 Å². The second kappa shape index (κ2) is 7.85. The molecule has 0 amide bonds. The summed E-state index contributed by atoms with van der Waals surface area (Å²) in [6.45, 7) is 4.52. The third-order valence-electron chi connectivity index (χ3n) is 5.23. The average Bonchev–Trinajstić information content (AvgIpc) is 2.91. The highest BCUT2D eigenvalue weighted by molar-refractivity contribution is 9.10. The summed E-state index contributed by atoms with van der Waals surface area (Å²) in [7, 11) is 0. The Balaban J connectivity index is 1.74. The Labute approximate surface area is 150 Å². The first-order valence-corrected chi connectivity index (χ1v) is 9.68. The van der Waals surface area contributed by atoms with Gasteiger partial charge >= 0.3 is 5.69 Å². The highest BCUT2D eigenvalue weighted by Gasteiger charge is 2.26. The monoisotopic (exact) mass is 395 g/mol. The summed E-state index contributed by atoms with van der Waals surface area (Å²) in [5.41, 5.74) is 1.88. The van der Waals surface area contributed by atoms with Crippen molar-refractivity contribution in [1.29, 1.82) is 0 Å². The summed E-state index contributed by atoms with van der Waals surface area (Å²) in [6, 6.07) is 6.74. The van der Waals surface area contributed by atoms with Crippen LogP contribution in [0, 0.1) is 0 Å². The molecule has 1 aliphatic rings. The molecule has 132 valence electrons. The number of aliphatic hydroxyl groups is 1. The van der Waals surface area contributed by atoms with E-state index in [4.69, 9.17) is 5.11 Å². The second-order valence-electron chi connectivity index (χ2n) is 6.66. The maximum Gasteiger partial charge on any atom is 0.326 e. The molecule has 1 fully saturated rings. The van der Waals surface area contributed by atoms with Crippen molar-refractivity contribution < 1.29 is 5.11 Å². The second-order valence-corrected chi connectivity index (χ2v) is 7.57. The van der Waals surface area contributed by atoms with Crippen LogP contribution >= 0.6 is 15.9 Å². The summed E-state index contributed by atoms with van der Waals surface area (Å²) in [5.74, 6) is 0. The number of piperidine rings is 1. The van der Waals surface area contributed by atoms with E-state index in [2.05, 4.69) is 32.7 Å². The van der Waals surface area contributed by atoms with Crippen molar-refractivity contribution in [1.82, 2.24) is 14.5 Å². The molecule has 1 aromatic heterocycles. The lowest BCUT2D eigenvalue weighted by atomic mass is 9.99. The highest BCUT2D eigenvalue weighted by atomic mass is 79.9. The summed E-state index contributed by atoms with van der Waals surface area (Å²) in [5, 5.41) is 9.07. The Hall–Kier alpha value is -1.11. The van der Waals surface area contributed by atoms with Crippen molar-refractivity contribution >= 4 is 27.0 Å². The van der Waals surface area contributed by atoms with Crippen LogP contribution in [0.3, 0.4) is 0 Å². The molecule has 2 N–H and O–H groups in total. The van der Waals surface area contributed by atoms with Gasteiger partial charge in [0, 0.05) is 36.3 Å². The van der Waals surface area contributed by atoms with Gasteiger partial charge in [-0.15, -0.1) is 0 Å². The lowest BCUT2D eigenvalue weighted by molar-refractivity contribution is 0.119. The fraction of sp³-hybridized carbons (Fsp3) is 0.611. The number of aromatic nitrogens is 2. The average molecular weight is 396 g/mol. The first-order chi connectivity index (χ1) is 11.6. The van der Waals surface area contributed by atoms with Crippen LogP contribution in [0.25, 0.3) is 11.0 Å². The van der Waals surface area contributed by atoms with Gasteiger partial charge in [0.25, 0.3) is 0 Å². The zero-order valence-electron chi connectivity index (χ0n) is 14.2. The molecule has 1 saturated heterocycles. The zero-order valence-corrected chi connectivity index (χ0v) is 15.8. The van der Waals surface area contributed by atoms with Gasteiger partial charge in [-0.2, -0.15) is 0 Å². The Morgan fingerprint density at radius 1 is 1.38 bits per heavy atom. The van der Waals surface area contributed by atoms with Crippen LogP contribution in [-0.2, 0) is 0 Å². The number of aromatic amines is 1. The van der Waals surface area contributed by atoms with Gasteiger partial charge in [0.1, 0.15) is 0 Å². The number of fused-ring (bicyclic) bond motifs is 1. The third kappa shape index (κ3) is 3.60. The minimum Gasteiger partial charge on any atom is -0.396 e. The molecular weight excluding hydrogens is 370 g/mol. The predicted molar refractivity (Wildman–Crippen MR) is 101 cm³/mol. The molecule has 1 atom stereocenters. The van der Waals surface area contributed by atoms with Crippen molar-refractivity contribution in [2.75, 3.05) is 19.7 Å². The largest absolute Gasteiger partial charge is 0.396 e. The molecule has 2 aromatic rings. The van der Waals surface area contributed by atoms with Crippen LogP contribution in [0.1, 0.15) is 45.1 Å². The fourth-order valence-electron chi connectivity index (χ4n) is 3.94. The van der Waals surface area contributed by atoms with E-state index in [9.17, 15) is 4.79 Å². The number of nitrogens with zero attached hydrogens (tertiary/aromatic N) is 2. The van der Waals surface area contributed by atoms with Gasteiger partial charge in [0.2, 0.25) is 0 Å². The molecule has 5 nitrogen and oxygen atoms in total. The Kier molecular flexibility index (Phi) is 5.79. The third-order valence-corrected chi connectivity index (χ3v) is 5.72. The van der Waals surface area contributed by atoms with Crippen LogP contribution in [0.15, 0.2) is 27.5 Å². The number of halogens is 1. The SMILES string of the molecule is CCC(CCCO)N1CCC(n2c(=O)[nH]c3ccc(Br)cc32)CC1. The number of aliphatic hydroxyl groups excluding tert-OH is 1. The molecule has 0 aliphatic carbocycles. The number of H-pyrrole nitrogens is 1. The number of benzene rings is 1. The number of hydrogen-bond donors (Lipinski definition) is 2. The molecular formula is C18H26BrN3O2. The molecule has 0 saturated carbocycles. The van der Waals surface area contributed by atoms with Gasteiger partial charge < -0.3 is 15.0 Å². The van der Waals surface area contributed by atoms with E-state index in [1.165, 1.54) is 0 Å². The van der Waals surface area contributed by atoms with E-state index in [-0.39, 0.29) is 18.3 Å². The molecule has 1 unspecified atom stereocenters. The van der Waals surface area contributed by atoms with Crippen molar-refractivity contribution in [3.63, 3.8) is 0 Å². The molecule has 3 rings (SSSR count). The summed E-state index contributed by atoms with van der Waals surface area (Å²) >= 11 is 3.50. The summed E-state index contributed by atoms with van der Waals surface area (Å²) < 4.78 is 2.93.